The van der Waals surface area contributed by atoms with Crippen molar-refractivity contribution in [2.75, 3.05) is 13.2 Å². The molecule has 172 valence electrons. The van der Waals surface area contributed by atoms with Gasteiger partial charge in [0, 0.05) is 18.7 Å². The highest BCUT2D eigenvalue weighted by atomic mass is 16.5. The van der Waals surface area contributed by atoms with Gasteiger partial charge in [-0.05, 0) is 32.1 Å². The summed E-state index contributed by atoms with van der Waals surface area (Å²) in [4.78, 5) is 24.1. The van der Waals surface area contributed by atoms with Crippen LogP contribution in [0.3, 0.4) is 0 Å². The minimum Gasteiger partial charge on any atom is -0.464 e. The van der Waals surface area contributed by atoms with Gasteiger partial charge in [0.15, 0.2) is 0 Å². The predicted octanol–water partition coefficient (Wildman–Crippen LogP) is 2.29. The van der Waals surface area contributed by atoms with Crippen LogP contribution in [0.15, 0.2) is 23.9 Å². The average molecular weight is 425 g/mol. The van der Waals surface area contributed by atoms with Gasteiger partial charge < -0.3 is 25.6 Å². The first kappa shape index (κ1) is 26.2. The highest BCUT2D eigenvalue weighted by Gasteiger charge is 2.31. The van der Waals surface area contributed by atoms with Gasteiger partial charge in [0.1, 0.15) is 6.61 Å². The third kappa shape index (κ3) is 10.3. The lowest BCUT2D eigenvalue weighted by molar-refractivity contribution is -0.145. The van der Waals surface area contributed by atoms with Crippen LogP contribution < -0.4 is 10.6 Å². The van der Waals surface area contributed by atoms with Crippen LogP contribution in [0.1, 0.15) is 60.8 Å². The van der Waals surface area contributed by atoms with Gasteiger partial charge >= 0.3 is 5.97 Å². The van der Waals surface area contributed by atoms with E-state index in [0.717, 1.165) is 18.5 Å². The zero-order chi connectivity index (χ0) is 22.9. The second-order valence-electron chi connectivity index (χ2n) is 9.23. The van der Waals surface area contributed by atoms with Crippen LogP contribution in [0.25, 0.3) is 0 Å². The number of allylic oxidation sites excluding steroid dienone is 2. The van der Waals surface area contributed by atoms with Crippen LogP contribution in [-0.4, -0.2) is 53.5 Å². The van der Waals surface area contributed by atoms with Crippen molar-refractivity contribution in [2.24, 2.45) is 17.3 Å². The summed E-state index contributed by atoms with van der Waals surface area (Å²) < 4.78 is 5.19. The molecule has 1 aliphatic rings. The van der Waals surface area contributed by atoms with Crippen LogP contribution in [0.2, 0.25) is 0 Å². The molecule has 1 rings (SSSR count). The molecule has 0 bridgehead atoms. The van der Waals surface area contributed by atoms with E-state index in [-0.39, 0.29) is 42.3 Å². The van der Waals surface area contributed by atoms with Crippen molar-refractivity contribution in [3.05, 3.63) is 23.9 Å². The summed E-state index contributed by atoms with van der Waals surface area (Å²) in [5.74, 6) is -1.01. The van der Waals surface area contributed by atoms with E-state index in [1.807, 2.05) is 46.8 Å². The molecule has 1 amide bonds. The first-order valence-corrected chi connectivity index (χ1v) is 10.9. The van der Waals surface area contributed by atoms with E-state index in [0.29, 0.717) is 6.54 Å². The van der Waals surface area contributed by atoms with E-state index in [9.17, 15) is 19.8 Å². The van der Waals surface area contributed by atoms with E-state index in [1.165, 1.54) is 0 Å². The molecule has 1 aliphatic carbocycles. The number of esters is 1. The van der Waals surface area contributed by atoms with Crippen molar-refractivity contribution in [3.63, 3.8) is 0 Å². The van der Waals surface area contributed by atoms with E-state index in [4.69, 9.17) is 4.74 Å². The summed E-state index contributed by atoms with van der Waals surface area (Å²) in [6.07, 6.45) is 5.58. The number of rotatable bonds is 12. The number of hydrogen-bond acceptors (Lipinski definition) is 6. The molecule has 0 aromatic rings. The molecule has 1 unspecified atom stereocenters. The molecular weight excluding hydrogens is 384 g/mol. The van der Waals surface area contributed by atoms with Gasteiger partial charge in [0.2, 0.25) is 5.91 Å². The Hall–Kier alpha value is -1.86. The molecule has 4 atom stereocenters. The van der Waals surface area contributed by atoms with Gasteiger partial charge in [-0.25, -0.2) is 0 Å². The summed E-state index contributed by atoms with van der Waals surface area (Å²) in [6, 6.07) is -0.290. The highest BCUT2D eigenvalue weighted by molar-refractivity contribution is 5.79. The molecule has 0 heterocycles. The minimum absolute atomic E-state index is 0.0591. The third-order valence-electron chi connectivity index (χ3n) is 5.01. The van der Waals surface area contributed by atoms with Gasteiger partial charge in [0.25, 0.3) is 0 Å². The number of amides is 1. The summed E-state index contributed by atoms with van der Waals surface area (Å²) in [6.45, 7) is 12.2. The van der Waals surface area contributed by atoms with Gasteiger partial charge in [0.05, 0.1) is 30.1 Å². The molecule has 0 spiro atoms. The summed E-state index contributed by atoms with van der Waals surface area (Å²) in [5, 5.41) is 26.5. The van der Waals surface area contributed by atoms with Crippen LogP contribution in [0.4, 0.5) is 0 Å². The molecule has 1 fully saturated rings. The van der Waals surface area contributed by atoms with Crippen molar-refractivity contribution >= 4 is 11.9 Å². The maximum Gasteiger partial charge on any atom is 0.308 e. The fraction of sp³-hybridized carbons (Fsp3) is 0.739. The number of nitrogens with one attached hydrogen (secondary N) is 2. The van der Waals surface area contributed by atoms with Crippen molar-refractivity contribution < 1.29 is 24.5 Å². The van der Waals surface area contributed by atoms with Gasteiger partial charge in [-0.1, -0.05) is 45.9 Å². The molecule has 0 aliphatic heterocycles. The zero-order valence-electron chi connectivity index (χ0n) is 19.3. The Bertz CT molecular complexity index is 620. The Balaban J connectivity index is 2.41. The Kier molecular flexibility index (Phi) is 10.6. The Labute approximate surface area is 181 Å². The van der Waals surface area contributed by atoms with Crippen molar-refractivity contribution in [1.29, 1.82) is 0 Å². The standard InChI is InChI=1S/C23H40N2O5/c1-7-19(24-12-13-30-22(29)17-8-9-17)16(3)25-21(28)15(2)20(27)14-18(26)10-11-23(4,5)6/h7,10-11,15-18,20,24,26-27H,8-9,12-14H2,1-6H3,(H,25,28)/b11-10+,19-7-/t15?,16-,18+,20+/m0/s1. The highest BCUT2D eigenvalue weighted by Crippen LogP contribution is 2.29. The van der Waals surface area contributed by atoms with Crippen molar-refractivity contribution in [1.82, 2.24) is 10.6 Å². The van der Waals surface area contributed by atoms with E-state index >= 15 is 0 Å². The number of hydrogen-bond donors (Lipinski definition) is 4. The molecule has 7 nitrogen and oxygen atoms in total. The van der Waals surface area contributed by atoms with Gasteiger partial charge in [-0.2, -0.15) is 0 Å². The molecule has 30 heavy (non-hydrogen) atoms. The fourth-order valence-corrected chi connectivity index (χ4v) is 2.82. The monoisotopic (exact) mass is 424 g/mol. The fourth-order valence-electron chi connectivity index (χ4n) is 2.82. The van der Waals surface area contributed by atoms with Crippen molar-refractivity contribution in [2.45, 2.75) is 79.1 Å². The second kappa shape index (κ2) is 12.1. The Morgan fingerprint density at radius 3 is 2.37 bits per heavy atom. The quantitative estimate of drug-likeness (QED) is 0.217. The third-order valence-corrected chi connectivity index (χ3v) is 5.01. The number of carbonyl (C=O) groups is 2. The lowest BCUT2D eigenvalue weighted by Gasteiger charge is -2.24. The van der Waals surface area contributed by atoms with Gasteiger partial charge in [-0.15, -0.1) is 0 Å². The molecule has 7 heteroatoms. The van der Waals surface area contributed by atoms with E-state index in [1.54, 1.807) is 13.0 Å². The molecule has 0 aromatic carbocycles. The molecule has 4 N–H and O–H groups in total. The average Bonchev–Trinajstić information content (AvgIpc) is 3.50. The van der Waals surface area contributed by atoms with E-state index in [2.05, 4.69) is 10.6 Å². The summed E-state index contributed by atoms with van der Waals surface area (Å²) in [5.41, 5.74) is 0.747. The lowest BCUT2D eigenvalue weighted by Crippen LogP contribution is -2.44. The first-order chi connectivity index (χ1) is 13.9. The Morgan fingerprint density at radius 2 is 1.83 bits per heavy atom. The Morgan fingerprint density at radius 1 is 1.20 bits per heavy atom. The maximum absolute atomic E-state index is 12.5. The van der Waals surface area contributed by atoms with Crippen LogP contribution >= 0.6 is 0 Å². The SMILES string of the molecule is C/C=C(\NCCOC(=O)C1CC1)[C@H](C)NC(=O)C(C)[C@H](O)C[C@H](O)/C=C/C(C)(C)C. The number of aliphatic hydroxyl groups is 2. The second-order valence-corrected chi connectivity index (χ2v) is 9.23. The number of ether oxygens (including phenoxy) is 1. The minimum atomic E-state index is -0.958. The first-order valence-electron chi connectivity index (χ1n) is 10.9. The van der Waals surface area contributed by atoms with E-state index < -0.39 is 18.1 Å². The largest absolute Gasteiger partial charge is 0.464 e. The lowest BCUT2D eigenvalue weighted by atomic mass is 9.93. The molecule has 0 radical (unpaired) electrons. The molecule has 1 saturated carbocycles. The van der Waals surface area contributed by atoms with Gasteiger partial charge in [-0.3, -0.25) is 9.59 Å². The number of aliphatic hydroxyl groups excluding tert-OH is 2. The molecular formula is C23H40N2O5. The smallest absolute Gasteiger partial charge is 0.308 e. The summed E-state index contributed by atoms with van der Waals surface area (Å²) in [7, 11) is 0. The van der Waals surface area contributed by atoms with Crippen LogP contribution in [0.5, 0.6) is 0 Å². The van der Waals surface area contributed by atoms with Crippen LogP contribution in [-0.2, 0) is 14.3 Å². The number of carbonyl (C=O) groups excluding carboxylic acids is 2. The maximum atomic E-state index is 12.5. The topological polar surface area (TPSA) is 108 Å². The normalized spacial score (nSPS) is 19.1. The van der Waals surface area contributed by atoms with Crippen LogP contribution in [0, 0.1) is 17.3 Å². The molecule has 0 saturated heterocycles. The zero-order valence-corrected chi connectivity index (χ0v) is 19.3. The molecule has 0 aromatic heterocycles. The summed E-state index contributed by atoms with van der Waals surface area (Å²) >= 11 is 0. The predicted molar refractivity (Wildman–Crippen MR) is 117 cm³/mol. The van der Waals surface area contributed by atoms with Crippen molar-refractivity contribution in [3.8, 4) is 0 Å².